The fourth-order valence-electron chi connectivity index (χ4n) is 4.80. The van der Waals surface area contributed by atoms with Crippen LogP contribution in [0.4, 0.5) is 0 Å². The lowest BCUT2D eigenvalue weighted by Crippen LogP contribution is -2.36. The molecule has 0 radical (unpaired) electrons. The Morgan fingerprint density at radius 2 is 0.580 bits per heavy atom. The highest BCUT2D eigenvalue weighted by Crippen LogP contribution is 2.25. The monoisotopic (exact) mass is 668 g/mol. The van der Waals surface area contributed by atoms with Crippen molar-refractivity contribution in [1.29, 1.82) is 0 Å². The van der Waals surface area contributed by atoms with Gasteiger partial charge in [-0.15, -0.1) is 0 Å². The smallest absolute Gasteiger partial charge is 0.323 e. The van der Waals surface area contributed by atoms with E-state index in [4.69, 9.17) is 18.9 Å². The number of benzene rings is 4. The number of hydrogen-bond donors (Lipinski definition) is 0. The molecule has 0 saturated heterocycles. The lowest BCUT2D eigenvalue weighted by atomic mass is 9.94. The van der Waals surface area contributed by atoms with Crippen LogP contribution in [0.5, 0.6) is 0 Å². The quantitative estimate of drug-likeness (QED) is 0.0915. The minimum atomic E-state index is -1.38. The molecule has 0 aromatic heterocycles. The molecule has 2 aliphatic rings. The molecule has 0 spiro atoms. The Balaban J connectivity index is 0.000000194. The van der Waals surface area contributed by atoms with Gasteiger partial charge in [-0.25, -0.2) is 0 Å². The predicted octanol–water partition coefficient (Wildman–Crippen LogP) is 6.43. The summed E-state index contributed by atoms with van der Waals surface area (Å²) in [6, 6.07) is 29.9. The van der Waals surface area contributed by atoms with E-state index in [1.165, 1.54) is 27.7 Å². The predicted molar refractivity (Wildman–Crippen MR) is 184 cm³/mol. The van der Waals surface area contributed by atoms with Gasteiger partial charge in [0.05, 0.1) is 0 Å². The summed E-state index contributed by atoms with van der Waals surface area (Å²) in [4.78, 5) is 49.4. The van der Waals surface area contributed by atoms with Crippen LogP contribution in [0.3, 0.4) is 0 Å². The molecule has 50 heavy (non-hydrogen) atoms. The summed E-state index contributed by atoms with van der Waals surface area (Å²) in [6.07, 6.45) is 0. The summed E-state index contributed by atoms with van der Waals surface area (Å²) in [5.41, 5.74) is 3.58. The lowest BCUT2D eigenvalue weighted by Gasteiger charge is -2.21. The van der Waals surface area contributed by atoms with E-state index in [1.807, 2.05) is 97.1 Å². The van der Waals surface area contributed by atoms with Crippen molar-refractivity contribution < 1.29 is 38.1 Å². The molecule has 0 amide bonds. The standard InChI is InChI=1S/2C21H18O4/c2*1-21(2)19(22)24-13-17-9-5-3-7-15(17)11-12-16-8-4-6-10-18(16)14-25-20(21)23/h2*3-10H,13-14H2,1-2H3. The average molecular weight is 669 g/mol. The first-order chi connectivity index (χ1) is 24.0. The summed E-state index contributed by atoms with van der Waals surface area (Å²) < 4.78 is 21.3. The largest absolute Gasteiger partial charge is 0.460 e. The molecule has 2 aliphatic heterocycles. The van der Waals surface area contributed by atoms with E-state index in [-0.39, 0.29) is 26.4 Å². The molecule has 0 aliphatic carbocycles. The number of rotatable bonds is 0. The van der Waals surface area contributed by atoms with Crippen molar-refractivity contribution in [2.75, 3.05) is 0 Å². The van der Waals surface area contributed by atoms with E-state index in [0.29, 0.717) is 0 Å². The maximum atomic E-state index is 12.3. The van der Waals surface area contributed by atoms with E-state index >= 15 is 0 Å². The maximum Gasteiger partial charge on any atom is 0.323 e. The van der Waals surface area contributed by atoms with Crippen molar-refractivity contribution in [3.8, 4) is 23.7 Å². The fourth-order valence-corrected chi connectivity index (χ4v) is 4.80. The van der Waals surface area contributed by atoms with Crippen LogP contribution >= 0.6 is 0 Å². The van der Waals surface area contributed by atoms with Gasteiger partial charge in [-0.1, -0.05) is 96.5 Å². The summed E-state index contributed by atoms with van der Waals surface area (Å²) >= 11 is 0. The molecule has 0 atom stereocenters. The fraction of sp³-hybridized carbons (Fsp3) is 0.238. The highest BCUT2D eigenvalue weighted by atomic mass is 16.6. The topological polar surface area (TPSA) is 105 Å². The van der Waals surface area contributed by atoms with Gasteiger partial charge in [0.1, 0.15) is 26.4 Å². The van der Waals surface area contributed by atoms with Gasteiger partial charge in [0.25, 0.3) is 0 Å². The summed E-state index contributed by atoms with van der Waals surface area (Å²) in [6.45, 7) is 6.25. The van der Waals surface area contributed by atoms with E-state index in [2.05, 4.69) is 23.7 Å². The van der Waals surface area contributed by atoms with Gasteiger partial charge >= 0.3 is 23.9 Å². The Labute approximate surface area is 291 Å². The first-order valence-corrected chi connectivity index (χ1v) is 16.0. The van der Waals surface area contributed by atoms with Crippen LogP contribution in [0, 0.1) is 34.5 Å². The zero-order valence-corrected chi connectivity index (χ0v) is 28.3. The summed E-state index contributed by atoms with van der Waals surface area (Å²) in [5, 5.41) is 0. The maximum absolute atomic E-state index is 12.3. The molecule has 2 heterocycles. The second-order valence-electron chi connectivity index (χ2n) is 12.7. The third-order valence-electron chi connectivity index (χ3n) is 8.21. The molecule has 0 N–H and O–H groups in total. The van der Waals surface area contributed by atoms with Gasteiger partial charge in [-0.05, 0) is 52.0 Å². The number of fused-ring (bicyclic) bond motifs is 4. The molecule has 8 heteroatoms. The first kappa shape index (κ1) is 35.2. The van der Waals surface area contributed by atoms with Gasteiger partial charge in [0, 0.05) is 44.5 Å². The Morgan fingerprint density at radius 1 is 0.380 bits per heavy atom. The normalized spacial score (nSPS) is 16.4. The van der Waals surface area contributed by atoms with Crippen molar-refractivity contribution in [2.45, 2.75) is 54.1 Å². The van der Waals surface area contributed by atoms with Crippen LogP contribution in [-0.4, -0.2) is 23.9 Å². The van der Waals surface area contributed by atoms with Crippen molar-refractivity contribution in [3.63, 3.8) is 0 Å². The van der Waals surface area contributed by atoms with Crippen LogP contribution in [-0.2, 0) is 64.6 Å². The minimum Gasteiger partial charge on any atom is -0.460 e. The van der Waals surface area contributed by atoms with E-state index in [9.17, 15) is 19.2 Å². The van der Waals surface area contributed by atoms with E-state index < -0.39 is 34.7 Å². The Morgan fingerprint density at radius 3 is 0.800 bits per heavy atom. The van der Waals surface area contributed by atoms with Crippen molar-refractivity contribution in [3.05, 3.63) is 142 Å². The molecule has 0 bridgehead atoms. The van der Waals surface area contributed by atoms with E-state index in [1.54, 1.807) is 0 Å². The zero-order chi connectivity index (χ0) is 35.7. The number of ether oxygens (including phenoxy) is 4. The number of esters is 4. The molecular formula is C42H36O8. The minimum absolute atomic E-state index is 0.0576. The van der Waals surface area contributed by atoms with Gasteiger partial charge in [-0.3, -0.25) is 19.2 Å². The Bertz CT molecular complexity index is 1780. The second kappa shape index (κ2) is 15.4. The van der Waals surface area contributed by atoms with Gasteiger partial charge in [0.15, 0.2) is 10.8 Å². The molecule has 0 fully saturated rings. The molecule has 4 aromatic rings. The van der Waals surface area contributed by atoms with Crippen molar-refractivity contribution in [1.82, 2.24) is 0 Å². The lowest BCUT2D eigenvalue weighted by molar-refractivity contribution is -0.173. The molecule has 0 saturated carbocycles. The number of cyclic esters (lactones) is 4. The Kier molecular flexibility index (Phi) is 10.8. The van der Waals surface area contributed by atoms with Crippen LogP contribution in [0.2, 0.25) is 0 Å². The van der Waals surface area contributed by atoms with Gasteiger partial charge in [0.2, 0.25) is 0 Å². The highest BCUT2D eigenvalue weighted by Gasteiger charge is 2.40. The number of carbonyl (C=O) groups excluding carboxylic acids is 4. The SMILES string of the molecule is CC1(C)C(=O)OCc2ccccc2C#Cc2ccccc2COC1=O.CC1(C)C(=O)OCc2ccccc2C#Cc2ccccc2COC1=O. The Hall–Kier alpha value is -6.12. The van der Waals surface area contributed by atoms with Crippen LogP contribution < -0.4 is 0 Å². The van der Waals surface area contributed by atoms with Crippen LogP contribution in [0.1, 0.15) is 72.2 Å². The molecule has 0 unspecified atom stereocenters. The van der Waals surface area contributed by atoms with Gasteiger partial charge in [-0.2, -0.15) is 0 Å². The zero-order valence-electron chi connectivity index (χ0n) is 28.3. The van der Waals surface area contributed by atoms with Crippen LogP contribution in [0.25, 0.3) is 0 Å². The summed E-state index contributed by atoms with van der Waals surface area (Å²) in [7, 11) is 0. The van der Waals surface area contributed by atoms with E-state index in [0.717, 1.165) is 44.5 Å². The highest BCUT2D eigenvalue weighted by molar-refractivity contribution is 5.99. The van der Waals surface area contributed by atoms with Crippen molar-refractivity contribution >= 4 is 23.9 Å². The van der Waals surface area contributed by atoms with Crippen molar-refractivity contribution in [2.24, 2.45) is 10.8 Å². The molecular weight excluding hydrogens is 632 g/mol. The number of carbonyl (C=O) groups is 4. The van der Waals surface area contributed by atoms with Crippen LogP contribution in [0.15, 0.2) is 97.1 Å². The second-order valence-corrected chi connectivity index (χ2v) is 12.7. The van der Waals surface area contributed by atoms with Gasteiger partial charge < -0.3 is 18.9 Å². The molecule has 252 valence electrons. The molecule has 8 nitrogen and oxygen atoms in total. The molecule has 4 aromatic carbocycles. The third kappa shape index (κ3) is 8.29. The summed E-state index contributed by atoms with van der Waals surface area (Å²) in [5.74, 6) is 10.0. The number of hydrogen-bond acceptors (Lipinski definition) is 8. The first-order valence-electron chi connectivity index (χ1n) is 16.0. The average Bonchev–Trinajstić information content (AvgIpc) is 3.13. The molecule has 6 rings (SSSR count). The third-order valence-corrected chi connectivity index (χ3v) is 8.21.